The second-order valence-corrected chi connectivity index (χ2v) is 5.43. The number of piperidine rings is 1. The summed E-state index contributed by atoms with van der Waals surface area (Å²) in [6, 6.07) is 6.97. The Balaban J connectivity index is 1.76. The largest absolute Gasteiger partial charge is 0.506 e. The first-order valence-electron chi connectivity index (χ1n) is 7.16. The fourth-order valence-corrected chi connectivity index (χ4v) is 3.02. The monoisotopic (exact) mass is 276 g/mol. The fraction of sp³-hybridized carbons (Fsp3) is 0.533. The number of aromatic hydroxyl groups is 1. The molecule has 0 aromatic heterocycles. The fourth-order valence-electron chi connectivity index (χ4n) is 3.02. The number of carbonyl (C=O) groups excluding carboxylic acids is 1. The van der Waals surface area contributed by atoms with E-state index in [1.165, 1.54) is 0 Å². The van der Waals surface area contributed by atoms with Gasteiger partial charge in [-0.05, 0) is 44.0 Å². The molecule has 2 heterocycles. The Bertz CT molecular complexity index is 486. The van der Waals surface area contributed by atoms with Crippen LogP contribution in [-0.4, -0.2) is 43.4 Å². The van der Waals surface area contributed by atoms with Crippen molar-refractivity contribution in [1.82, 2.24) is 5.32 Å². The minimum Gasteiger partial charge on any atom is -0.506 e. The van der Waals surface area contributed by atoms with Crippen molar-refractivity contribution in [2.24, 2.45) is 5.92 Å². The lowest BCUT2D eigenvalue weighted by atomic mass is 9.91. The van der Waals surface area contributed by atoms with Crippen molar-refractivity contribution >= 4 is 11.6 Å². The normalized spacial score (nSPS) is 24.9. The molecule has 3 rings (SSSR count). The highest BCUT2D eigenvalue weighted by Gasteiger charge is 2.33. The zero-order chi connectivity index (χ0) is 13.9. The zero-order valence-corrected chi connectivity index (χ0v) is 11.4. The number of amides is 1. The number of nitrogens with zero attached hydrogens (tertiary/aromatic N) is 1. The van der Waals surface area contributed by atoms with Gasteiger partial charge < -0.3 is 20.1 Å². The molecule has 5 nitrogen and oxygen atoms in total. The Kier molecular flexibility index (Phi) is 3.89. The van der Waals surface area contributed by atoms with E-state index in [1.54, 1.807) is 23.1 Å². The van der Waals surface area contributed by atoms with E-state index in [0.717, 1.165) is 25.9 Å². The number of benzene rings is 1. The average Bonchev–Trinajstić information content (AvgIpc) is 2.49. The van der Waals surface area contributed by atoms with E-state index in [1.807, 2.05) is 6.07 Å². The van der Waals surface area contributed by atoms with E-state index in [4.69, 9.17) is 4.74 Å². The Hall–Kier alpha value is -1.59. The van der Waals surface area contributed by atoms with Gasteiger partial charge in [-0.3, -0.25) is 4.79 Å². The Labute approximate surface area is 118 Å². The lowest BCUT2D eigenvalue weighted by Crippen LogP contribution is -2.51. The van der Waals surface area contributed by atoms with Gasteiger partial charge in [0.05, 0.1) is 18.3 Å². The van der Waals surface area contributed by atoms with Gasteiger partial charge in [0.15, 0.2) is 0 Å². The van der Waals surface area contributed by atoms with Crippen LogP contribution in [0.1, 0.15) is 12.8 Å². The summed E-state index contributed by atoms with van der Waals surface area (Å²) in [6.07, 6.45) is 2.22. The summed E-state index contributed by atoms with van der Waals surface area (Å²) in [6.45, 7) is 2.65. The van der Waals surface area contributed by atoms with Gasteiger partial charge in [0.1, 0.15) is 12.4 Å². The molecule has 0 saturated carbocycles. The summed E-state index contributed by atoms with van der Waals surface area (Å²) < 4.78 is 5.72. The lowest BCUT2D eigenvalue weighted by Gasteiger charge is -2.38. The van der Waals surface area contributed by atoms with Crippen LogP contribution in [0, 0.1) is 5.92 Å². The molecule has 5 heteroatoms. The van der Waals surface area contributed by atoms with Crippen LogP contribution in [0.4, 0.5) is 5.69 Å². The van der Waals surface area contributed by atoms with Crippen molar-refractivity contribution in [2.75, 3.05) is 31.1 Å². The highest BCUT2D eigenvalue weighted by molar-refractivity contribution is 5.96. The number of carbonyl (C=O) groups is 1. The van der Waals surface area contributed by atoms with Gasteiger partial charge in [-0.25, -0.2) is 0 Å². The first kappa shape index (κ1) is 13.4. The molecular weight excluding hydrogens is 256 g/mol. The van der Waals surface area contributed by atoms with Crippen molar-refractivity contribution < 1.29 is 14.6 Å². The van der Waals surface area contributed by atoms with E-state index in [0.29, 0.717) is 18.2 Å². The number of nitrogens with one attached hydrogen (secondary N) is 1. The minimum absolute atomic E-state index is 0.0643. The van der Waals surface area contributed by atoms with E-state index in [-0.39, 0.29) is 24.4 Å². The van der Waals surface area contributed by atoms with Gasteiger partial charge in [0, 0.05) is 0 Å². The predicted octanol–water partition coefficient (Wildman–Crippen LogP) is 1.12. The number of para-hydroxylation sites is 2. The molecule has 20 heavy (non-hydrogen) atoms. The summed E-state index contributed by atoms with van der Waals surface area (Å²) in [7, 11) is 0. The third kappa shape index (κ3) is 2.64. The molecule has 0 spiro atoms. The molecule has 0 bridgehead atoms. The van der Waals surface area contributed by atoms with Crippen LogP contribution in [-0.2, 0) is 9.53 Å². The highest BCUT2D eigenvalue weighted by Crippen LogP contribution is 2.31. The van der Waals surface area contributed by atoms with Crippen LogP contribution >= 0.6 is 0 Å². The van der Waals surface area contributed by atoms with E-state index in [9.17, 15) is 9.90 Å². The van der Waals surface area contributed by atoms with Crippen LogP contribution in [0.3, 0.4) is 0 Å². The molecule has 1 amide bonds. The second-order valence-electron chi connectivity index (χ2n) is 5.43. The van der Waals surface area contributed by atoms with Crippen molar-refractivity contribution in [3.63, 3.8) is 0 Å². The number of hydrogen-bond acceptors (Lipinski definition) is 4. The quantitative estimate of drug-likeness (QED) is 0.850. The topological polar surface area (TPSA) is 61.8 Å². The molecule has 2 N–H and O–H groups in total. The molecule has 1 aromatic carbocycles. The molecule has 1 unspecified atom stereocenters. The van der Waals surface area contributed by atoms with E-state index in [2.05, 4.69) is 5.32 Å². The molecule has 0 aliphatic carbocycles. The third-order valence-electron chi connectivity index (χ3n) is 4.17. The summed E-state index contributed by atoms with van der Waals surface area (Å²) >= 11 is 0. The van der Waals surface area contributed by atoms with Gasteiger partial charge in [-0.2, -0.15) is 0 Å². The van der Waals surface area contributed by atoms with Crippen LogP contribution < -0.4 is 10.2 Å². The Morgan fingerprint density at radius 2 is 2.00 bits per heavy atom. The molecule has 108 valence electrons. The molecule has 1 aromatic rings. The molecule has 2 fully saturated rings. The van der Waals surface area contributed by atoms with E-state index >= 15 is 0 Å². The first-order valence-corrected chi connectivity index (χ1v) is 7.16. The SMILES string of the molecule is O=C1COC(C2CCNCC2)CN1c1ccccc1O. The molecule has 2 aliphatic heterocycles. The maximum atomic E-state index is 12.1. The molecule has 2 saturated heterocycles. The minimum atomic E-state index is -0.0864. The van der Waals surface area contributed by atoms with Gasteiger partial charge >= 0.3 is 0 Å². The van der Waals surface area contributed by atoms with Crippen molar-refractivity contribution in [2.45, 2.75) is 18.9 Å². The standard InChI is InChI=1S/C15H20N2O3/c18-13-4-2-1-3-12(13)17-9-14(20-10-15(17)19)11-5-7-16-8-6-11/h1-4,11,14,16,18H,5-10H2. The van der Waals surface area contributed by atoms with Gasteiger partial charge in [-0.15, -0.1) is 0 Å². The molecule has 0 radical (unpaired) electrons. The smallest absolute Gasteiger partial charge is 0.253 e. The summed E-state index contributed by atoms with van der Waals surface area (Å²) in [5.41, 5.74) is 0.583. The van der Waals surface area contributed by atoms with Gasteiger partial charge in [0.2, 0.25) is 0 Å². The molecular formula is C15H20N2O3. The van der Waals surface area contributed by atoms with Crippen molar-refractivity contribution in [1.29, 1.82) is 0 Å². The van der Waals surface area contributed by atoms with Crippen molar-refractivity contribution in [3.8, 4) is 5.75 Å². The number of phenolic OH excluding ortho intramolecular Hbond substituents is 1. The zero-order valence-electron chi connectivity index (χ0n) is 11.4. The summed E-state index contributed by atoms with van der Waals surface area (Å²) in [5, 5.41) is 13.3. The summed E-state index contributed by atoms with van der Waals surface area (Å²) in [4.78, 5) is 13.7. The summed E-state index contributed by atoms with van der Waals surface area (Å²) in [5.74, 6) is 0.543. The number of phenols is 1. The number of rotatable bonds is 2. The number of anilines is 1. The first-order chi connectivity index (χ1) is 9.75. The maximum Gasteiger partial charge on any atom is 0.253 e. The second kappa shape index (κ2) is 5.81. The number of morpholine rings is 1. The predicted molar refractivity (Wildman–Crippen MR) is 75.8 cm³/mol. The van der Waals surface area contributed by atoms with Crippen LogP contribution in [0.5, 0.6) is 5.75 Å². The Morgan fingerprint density at radius 1 is 1.25 bits per heavy atom. The van der Waals surface area contributed by atoms with Crippen LogP contribution in [0.2, 0.25) is 0 Å². The van der Waals surface area contributed by atoms with E-state index < -0.39 is 0 Å². The lowest BCUT2D eigenvalue weighted by molar-refractivity contribution is -0.131. The maximum absolute atomic E-state index is 12.1. The molecule has 1 atom stereocenters. The van der Waals surface area contributed by atoms with Crippen molar-refractivity contribution in [3.05, 3.63) is 24.3 Å². The Morgan fingerprint density at radius 3 is 2.75 bits per heavy atom. The highest BCUT2D eigenvalue weighted by atomic mass is 16.5. The molecule has 2 aliphatic rings. The number of ether oxygens (including phenoxy) is 1. The van der Waals surface area contributed by atoms with Gasteiger partial charge in [0.25, 0.3) is 5.91 Å². The average molecular weight is 276 g/mol. The number of hydrogen-bond donors (Lipinski definition) is 2. The van der Waals surface area contributed by atoms with Crippen LogP contribution in [0.15, 0.2) is 24.3 Å². The third-order valence-corrected chi connectivity index (χ3v) is 4.17. The van der Waals surface area contributed by atoms with Gasteiger partial charge in [-0.1, -0.05) is 12.1 Å². The van der Waals surface area contributed by atoms with Crippen LogP contribution in [0.25, 0.3) is 0 Å².